The second-order valence-corrected chi connectivity index (χ2v) is 6.50. The molecule has 1 aliphatic carbocycles. The predicted octanol–water partition coefficient (Wildman–Crippen LogP) is 3.74. The molecule has 0 amide bonds. The average Bonchev–Trinajstić information content (AvgIpc) is 2.31. The summed E-state index contributed by atoms with van der Waals surface area (Å²) in [5.74, 6) is 0.768. The first kappa shape index (κ1) is 15.0. The van der Waals surface area contributed by atoms with E-state index in [2.05, 4.69) is 20.8 Å². The Balaban J connectivity index is 2.04. The summed E-state index contributed by atoms with van der Waals surface area (Å²) in [4.78, 5) is 0. The zero-order valence-electron chi connectivity index (χ0n) is 12.0. The first-order valence-corrected chi connectivity index (χ1v) is 7.37. The Morgan fingerprint density at radius 3 is 2.53 bits per heavy atom. The second kappa shape index (κ2) is 7.38. The summed E-state index contributed by atoms with van der Waals surface area (Å²) in [6, 6.07) is 0. The third-order valence-electron chi connectivity index (χ3n) is 4.17. The van der Waals surface area contributed by atoms with Gasteiger partial charge in [0.05, 0.1) is 6.10 Å². The summed E-state index contributed by atoms with van der Waals surface area (Å²) >= 11 is 0. The summed E-state index contributed by atoms with van der Waals surface area (Å²) in [5.41, 5.74) is 6.03. The van der Waals surface area contributed by atoms with E-state index >= 15 is 0 Å². The minimum Gasteiger partial charge on any atom is -0.378 e. The van der Waals surface area contributed by atoms with E-state index in [0.29, 0.717) is 11.5 Å². The average molecular weight is 241 g/mol. The predicted molar refractivity (Wildman–Crippen MR) is 74.1 cm³/mol. The molecule has 0 aromatic rings. The smallest absolute Gasteiger partial charge is 0.0600 e. The summed E-state index contributed by atoms with van der Waals surface area (Å²) in [6.45, 7) is 8.55. The fourth-order valence-electron chi connectivity index (χ4n) is 2.57. The van der Waals surface area contributed by atoms with Crippen LogP contribution in [0.5, 0.6) is 0 Å². The molecule has 102 valence electrons. The van der Waals surface area contributed by atoms with E-state index in [9.17, 15) is 0 Å². The molecule has 0 aromatic heterocycles. The quantitative estimate of drug-likeness (QED) is 0.689. The molecular formula is C15H31NO. The summed E-state index contributed by atoms with van der Waals surface area (Å²) in [5, 5.41) is 0. The molecule has 1 rings (SSSR count). The van der Waals surface area contributed by atoms with Crippen LogP contribution in [0.1, 0.15) is 65.7 Å². The van der Waals surface area contributed by atoms with Crippen molar-refractivity contribution >= 4 is 0 Å². The van der Waals surface area contributed by atoms with Gasteiger partial charge in [0.25, 0.3) is 0 Å². The molecule has 0 heterocycles. The van der Waals surface area contributed by atoms with E-state index in [4.69, 9.17) is 10.5 Å². The Morgan fingerprint density at radius 1 is 1.18 bits per heavy atom. The maximum Gasteiger partial charge on any atom is 0.0600 e. The highest BCUT2D eigenvalue weighted by molar-refractivity contribution is 4.72. The molecule has 2 heteroatoms. The fraction of sp³-hybridized carbons (Fsp3) is 1.00. The third-order valence-corrected chi connectivity index (χ3v) is 4.17. The molecule has 1 saturated carbocycles. The summed E-state index contributed by atoms with van der Waals surface area (Å²) in [7, 11) is 0. The van der Waals surface area contributed by atoms with Gasteiger partial charge in [-0.05, 0) is 43.6 Å². The van der Waals surface area contributed by atoms with Crippen molar-refractivity contribution in [1.29, 1.82) is 0 Å². The van der Waals surface area contributed by atoms with Gasteiger partial charge < -0.3 is 10.5 Å². The highest BCUT2D eigenvalue weighted by atomic mass is 16.5. The zero-order valence-corrected chi connectivity index (χ0v) is 12.0. The number of rotatable bonds is 7. The molecule has 0 spiro atoms. The van der Waals surface area contributed by atoms with Gasteiger partial charge in [0.1, 0.15) is 0 Å². The zero-order chi connectivity index (χ0) is 12.7. The van der Waals surface area contributed by atoms with E-state index in [1.165, 1.54) is 44.9 Å². The molecule has 1 fully saturated rings. The highest BCUT2D eigenvalue weighted by Gasteiger charge is 2.21. The number of ether oxygens (including phenoxy) is 1. The highest BCUT2D eigenvalue weighted by Crippen LogP contribution is 2.27. The van der Waals surface area contributed by atoms with Gasteiger partial charge in [-0.25, -0.2) is 0 Å². The van der Waals surface area contributed by atoms with E-state index in [1.54, 1.807) is 0 Å². The molecule has 2 N–H and O–H groups in total. The third kappa shape index (κ3) is 5.87. The Bertz CT molecular complexity index is 203. The minimum absolute atomic E-state index is 0.304. The monoisotopic (exact) mass is 241 g/mol. The largest absolute Gasteiger partial charge is 0.378 e. The van der Waals surface area contributed by atoms with Crippen molar-refractivity contribution in [3.63, 3.8) is 0 Å². The van der Waals surface area contributed by atoms with Crippen LogP contribution in [0.3, 0.4) is 0 Å². The molecule has 17 heavy (non-hydrogen) atoms. The van der Waals surface area contributed by atoms with Crippen LogP contribution in [0.2, 0.25) is 0 Å². The van der Waals surface area contributed by atoms with Crippen LogP contribution in [0, 0.1) is 11.3 Å². The number of nitrogens with two attached hydrogens (primary N) is 1. The lowest BCUT2D eigenvalue weighted by molar-refractivity contribution is -0.00711. The first-order chi connectivity index (χ1) is 8.05. The Labute approximate surface area is 107 Å². The van der Waals surface area contributed by atoms with Gasteiger partial charge in [0, 0.05) is 6.61 Å². The molecule has 2 unspecified atom stereocenters. The van der Waals surface area contributed by atoms with Crippen molar-refractivity contribution in [1.82, 2.24) is 0 Å². The lowest BCUT2D eigenvalue weighted by Gasteiger charge is -2.29. The van der Waals surface area contributed by atoms with Crippen LogP contribution >= 0.6 is 0 Å². The molecule has 2 atom stereocenters. The molecule has 0 radical (unpaired) electrons. The normalized spacial score (nSPS) is 26.1. The van der Waals surface area contributed by atoms with Gasteiger partial charge in [-0.3, -0.25) is 0 Å². The van der Waals surface area contributed by atoms with Crippen molar-refractivity contribution in [3.05, 3.63) is 0 Å². The van der Waals surface area contributed by atoms with E-state index in [-0.39, 0.29) is 0 Å². The van der Waals surface area contributed by atoms with Gasteiger partial charge in [0.15, 0.2) is 0 Å². The van der Waals surface area contributed by atoms with Crippen LogP contribution in [0.25, 0.3) is 0 Å². The molecule has 0 saturated heterocycles. The van der Waals surface area contributed by atoms with Crippen LogP contribution in [0.4, 0.5) is 0 Å². The van der Waals surface area contributed by atoms with E-state index in [0.717, 1.165) is 19.1 Å². The minimum atomic E-state index is 0.304. The SMILES string of the molecule is CC1CCCCC1OCCCCC(C)(C)CN. The summed E-state index contributed by atoms with van der Waals surface area (Å²) in [6.07, 6.45) is 9.55. The maximum atomic E-state index is 6.01. The summed E-state index contributed by atoms with van der Waals surface area (Å²) < 4.78 is 6.01. The van der Waals surface area contributed by atoms with Crippen molar-refractivity contribution in [2.24, 2.45) is 17.1 Å². The van der Waals surface area contributed by atoms with Crippen LogP contribution < -0.4 is 5.73 Å². The Morgan fingerprint density at radius 2 is 1.88 bits per heavy atom. The van der Waals surface area contributed by atoms with Gasteiger partial charge in [-0.1, -0.05) is 40.0 Å². The van der Waals surface area contributed by atoms with Gasteiger partial charge in [0.2, 0.25) is 0 Å². The fourth-order valence-corrected chi connectivity index (χ4v) is 2.57. The standard InChI is InChI=1S/C15H31NO/c1-13-8-4-5-9-14(13)17-11-7-6-10-15(2,3)12-16/h13-14H,4-12,16H2,1-3H3. The first-order valence-electron chi connectivity index (χ1n) is 7.37. The van der Waals surface area contributed by atoms with Crippen molar-refractivity contribution in [2.75, 3.05) is 13.2 Å². The van der Waals surface area contributed by atoms with E-state index in [1.807, 2.05) is 0 Å². The number of hydrogen-bond donors (Lipinski definition) is 1. The maximum absolute atomic E-state index is 6.01. The van der Waals surface area contributed by atoms with Gasteiger partial charge in [-0.15, -0.1) is 0 Å². The number of unbranched alkanes of at least 4 members (excludes halogenated alkanes) is 1. The van der Waals surface area contributed by atoms with Crippen LogP contribution in [-0.2, 0) is 4.74 Å². The lowest BCUT2D eigenvalue weighted by atomic mass is 9.87. The Hall–Kier alpha value is -0.0800. The van der Waals surface area contributed by atoms with Crippen LogP contribution in [-0.4, -0.2) is 19.3 Å². The Kier molecular flexibility index (Phi) is 6.50. The topological polar surface area (TPSA) is 35.2 Å². The van der Waals surface area contributed by atoms with Gasteiger partial charge >= 0.3 is 0 Å². The van der Waals surface area contributed by atoms with Crippen LogP contribution in [0.15, 0.2) is 0 Å². The lowest BCUT2D eigenvalue weighted by Crippen LogP contribution is -2.26. The molecule has 0 bridgehead atoms. The molecule has 1 aliphatic rings. The molecule has 0 aromatic carbocycles. The molecule has 0 aliphatic heterocycles. The van der Waals surface area contributed by atoms with Crippen molar-refractivity contribution < 1.29 is 4.74 Å². The number of hydrogen-bond acceptors (Lipinski definition) is 2. The van der Waals surface area contributed by atoms with E-state index < -0.39 is 0 Å². The van der Waals surface area contributed by atoms with Gasteiger partial charge in [-0.2, -0.15) is 0 Å². The molecular weight excluding hydrogens is 210 g/mol. The molecule has 2 nitrogen and oxygen atoms in total. The van der Waals surface area contributed by atoms with Crippen molar-refractivity contribution in [3.8, 4) is 0 Å². The second-order valence-electron chi connectivity index (χ2n) is 6.50. The van der Waals surface area contributed by atoms with Crippen molar-refractivity contribution in [2.45, 2.75) is 71.8 Å².